The average Bonchev–Trinajstić information content (AvgIpc) is 3.16. The first-order valence-corrected chi connectivity index (χ1v) is 7.93. The minimum absolute atomic E-state index is 0.743. The molecule has 2 aromatic rings. The topological polar surface area (TPSA) is 29.9 Å². The molecule has 3 heteroatoms. The Labute approximate surface area is 125 Å². The van der Waals surface area contributed by atoms with Gasteiger partial charge < -0.3 is 9.88 Å². The van der Waals surface area contributed by atoms with E-state index in [1.807, 2.05) is 12.5 Å². The molecule has 4 rings (SSSR count). The Hall–Kier alpha value is -2.03. The van der Waals surface area contributed by atoms with E-state index in [0.717, 1.165) is 25.4 Å². The van der Waals surface area contributed by atoms with E-state index in [2.05, 4.69) is 45.2 Å². The summed E-state index contributed by atoms with van der Waals surface area (Å²) in [7, 11) is 0. The fourth-order valence-electron chi connectivity index (χ4n) is 3.54. The van der Waals surface area contributed by atoms with Crippen molar-refractivity contribution in [3.8, 4) is 11.3 Å². The summed E-state index contributed by atoms with van der Waals surface area (Å²) >= 11 is 0. The highest BCUT2D eigenvalue weighted by atomic mass is 15.1. The maximum atomic E-state index is 4.41. The Balaban J connectivity index is 1.66. The number of hydrogen-bond donors (Lipinski definition) is 1. The Morgan fingerprint density at radius 3 is 3.19 bits per heavy atom. The Kier molecular flexibility index (Phi) is 3.26. The number of nitrogens with one attached hydrogen (secondary N) is 1. The number of benzene rings is 1. The molecule has 0 spiro atoms. The van der Waals surface area contributed by atoms with Crippen molar-refractivity contribution in [2.45, 2.75) is 32.2 Å². The number of aromatic nitrogens is 2. The lowest BCUT2D eigenvalue weighted by atomic mass is 9.94. The third-order valence-electron chi connectivity index (χ3n) is 4.67. The molecular weight excluding hydrogens is 258 g/mol. The highest BCUT2D eigenvalue weighted by molar-refractivity contribution is 5.79. The van der Waals surface area contributed by atoms with Crippen molar-refractivity contribution in [2.75, 3.05) is 11.9 Å². The normalized spacial score (nSPS) is 20.3. The smallest absolute Gasteiger partial charge is 0.0951 e. The predicted octanol–water partition coefficient (Wildman–Crippen LogP) is 3.87. The number of rotatable bonds is 3. The molecule has 1 aliphatic carbocycles. The van der Waals surface area contributed by atoms with Gasteiger partial charge in [-0.2, -0.15) is 0 Å². The first kappa shape index (κ1) is 12.7. The Bertz CT molecular complexity index is 669. The van der Waals surface area contributed by atoms with Crippen LogP contribution in [-0.2, 0) is 13.0 Å². The van der Waals surface area contributed by atoms with E-state index >= 15 is 0 Å². The maximum absolute atomic E-state index is 4.41. The number of imidazole rings is 1. The minimum atomic E-state index is 0.743. The zero-order valence-corrected chi connectivity index (χ0v) is 12.3. The van der Waals surface area contributed by atoms with E-state index in [-0.39, 0.29) is 0 Å². The third kappa shape index (κ3) is 2.37. The van der Waals surface area contributed by atoms with Gasteiger partial charge in [-0.25, -0.2) is 4.98 Å². The van der Waals surface area contributed by atoms with Gasteiger partial charge in [-0.1, -0.05) is 30.4 Å². The van der Waals surface area contributed by atoms with E-state index in [0.29, 0.717) is 0 Å². The van der Waals surface area contributed by atoms with E-state index < -0.39 is 0 Å². The molecule has 1 unspecified atom stereocenters. The zero-order chi connectivity index (χ0) is 14.1. The molecule has 1 aromatic heterocycles. The van der Waals surface area contributed by atoms with Crippen molar-refractivity contribution in [3.05, 3.63) is 48.4 Å². The van der Waals surface area contributed by atoms with Gasteiger partial charge in [0.25, 0.3) is 0 Å². The third-order valence-corrected chi connectivity index (χ3v) is 4.67. The summed E-state index contributed by atoms with van der Waals surface area (Å²) in [4.78, 5) is 4.41. The highest BCUT2D eigenvalue weighted by Crippen LogP contribution is 2.34. The standard InChI is InChI=1S/C18H21N3/c1-2-5-14(6-3-1)12-21-13-19-11-17(21)16-8-4-7-15-9-10-20-18(15)16/h1-2,4,7-8,11,13-14,20H,3,5-6,9-10,12H2. The summed E-state index contributed by atoms with van der Waals surface area (Å²) in [5.41, 5.74) is 5.29. The molecule has 0 amide bonds. The van der Waals surface area contributed by atoms with Gasteiger partial charge in [-0.05, 0) is 37.2 Å². The second kappa shape index (κ2) is 5.40. The van der Waals surface area contributed by atoms with Crippen LogP contribution in [0.15, 0.2) is 42.9 Å². The van der Waals surface area contributed by atoms with Crippen molar-refractivity contribution in [3.63, 3.8) is 0 Å². The minimum Gasteiger partial charge on any atom is -0.384 e. The van der Waals surface area contributed by atoms with Crippen molar-refractivity contribution >= 4 is 5.69 Å². The summed E-state index contributed by atoms with van der Waals surface area (Å²) in [5, 5.41) is 3.54. The second-order valence-electron chi connectivity index (χ2n) is 6.10. The van der Waals surface area contributed by atoms with Crippen LogP contribution in [0.25, 0.3) is 11.3 Å². The SMILES string of the molecule is C1=CCC(Cn2cncc2-c2cccc3c2NCC3)CC1. The molecule has 2 heterocycles. The molecule has 1 atom stereocenters. The van der Waals surface area contributed by atoms with Crippen LogP contribution in [-0.4, -0.2) is 16.1 Å². The van der Waals surface area contributed by atoms with E-state index in [1.165, 1.54) is 41.8 Å². The van der Waals surface area contributed by atoms with Gasteiger partial charge in [0, 0.05) is 24.3 Å². The number of anilines is 1. The van der Waals surface area contributed by atoms with E-state index in [1.54, 1.807) is 0 Å². The highest BCUT2D eigenvalue weighted by Gasteiger charge is 2.18. The zero-order valence-electron chi connectivity index (χ0n) is 12.3. The lowest BCUT2D eigenvalue weighted by molar-refractivity contribution is 0.412. The maximum Gasteiger partial charge on any atom is 0.0951 e. The molecule has 21 heavy (non-hydrogen) atoms. The summed E-state index contributed by atoms with van der Waals surface area (Å²) in [5.74, 6) is 0.743. The van der Waals surface area contributed by atoms with Gasteiger partial charge in [-0.15, -0.1) is 0 Å². The van der Waals surface area contributed by atoms with Crippen molar-refractivity contribution in [1.29, 1.82) is 0 Å². The van der Waals surface area contributed by atoms with Gasteiger partial charge in [0.05, 0.1) is 18.2 Å². The van der Waals surface area contributed by atoms with Crippen molar-refractivity contribution in [1.82, 2.24) is 9.55 Å². The monoisotopic (exact) mass is 279 g/mol. The lowest BCUT2D eigenvalue weighted by Crippen LogP contribution is -2.12. The van der Waals surface area contributed by atoms with E-state index in [4.69, 9.17) is 0 Å². The summed E-state index contributed by atoms with van der Waals surface area (Å²) in [6.07, 6.45) is 13.5. The number of para-hydroxylation sites is 1. The molecule has 108 valence electrons. The molecule has 0 saturated carbocycles. The first-order chi connectivity index (χ1) is 10.4. The van der Waals surface area contributed by atoms with Crippen LogP contribution >= 0.6 is 0 Å². The van der Waals surface area contributed by atoms with Gasteiger partial charge in [0.15, 0.2) is 0 Å². The Morgan fingerprint density at radius 1 is 1.29 bits per heavy atom. The molecule has 0 radical (unpaired) electrons. The van der Waals surface area contributed by atoms with Gasteiger partial charge in [0.1, 0.15) is 0 Å². The fraction of sp³-hybridized carbons (Fsp3) is 0.389. The Morgan fingerprint density at radius 2 is 2.29 bits per heavy atom. The van der Waals surface area contributed by atoms with Crippen molar-refractivity contribution in [2.24, 2.45) is 5.92 Å². The molecule has 1 aliphatic heterocycles. The van der Waals surface area contributed by atoms with E-state index in [9.17, 15) is 0 Å². The van der Waals surface area contributed by atoms with Gasteiger partial charge in [-0.3, -0.25) is 0 Å². The summed E-state index contributed by atoms with van der Waals surface area (Å²) in [6, 6.07) is 6.61. The van der Waals surface area contributed by atoms with Gasteiger partial charge in [0.2, 0.25) is 0 Å². The predicted molar refractivity (Wildman–Crippen MR) is 86.3 cm³/mol. The molecular formula is C18H21N3. The molecule has 0 bridgehead atoms. The number of nitrogens with zero attached hydrogens (tertiary/aromatic N) is 2. The number of hydrogen-bond acceptors (Lipinski definition) is 2. The van der Waals surface area contributed by atoms with Crippen LogP contribution in [0.1, 0.15) is 24.8 Å². The molecule has 2 aliphatic rings. The van der Waals surface area contributed by atoms with Crippen LogP contribution in [0.3, 0.4) is 0 Å². The lowest BCUT2D eigenvalue weighted by Gasteiger charge is -2.20. The molecule has 3 nitrogen and oxygen atoms in total. The van der Waals surface area contributed by atoms with Gasteiger partial charge >= 0.3 is 0 Å². The molecule has 0 saturated heterocycles. The molecule has 1 aromatic carbocycles. The van der Waals surface area contributed by atoms with Crippen molar-refractivity contribution < 1.29 is 0 Å². The van der Waals surface area contributed by atoms with Crippen LogP contribution in [0.2, 0.25) is 0 Å². The van der Waals surface area contributed by atoms with Crippen LogP contribution in [0.5, 0.6) is 0 Å². The van der Waals surface area contributed by atoms with Crippen LogP contribution < -0.4 is 5.32 Å². The summed E-state index contributed by atoms with van der Waals surface area (Å²) in [6.45, 7) is 2.12. The summed E-state index contributed by atoms with van der Waals surface area (Å²) < 4.78 is 2.33. The van der Waals surface area contributed by atoms with Crippen LogP contribution in [0, 0.1) is 5.92 Å². The fourth-order valence-corrected chi connectivity index (χ4v) is 3.54. The van der Waals surface area contributed by atoms with Crippen LogP contribution in [0.4, 0.5) is 5.69 Å². The number of fused-ring (bicyclic) bond motifs is 1. The quantitative estimate of drug-likeness (QED) is 0.864. The number of allylic oxidation sites excluding steroid dienone is 2. The largest absolute Gasteiger partial charge is 0.384 e. The molecule has 1 N–H and O–H groups in total. The molecule has 0 fully saturated rings. The first-order valence-electron chi connectivity index (χ1n) is 7.93. The average molecular weight is 279 g/mol. The second-order valence-corrected chi connectivity index (χ2v) is 6.10.